The van der Waals surface area contributed by atoms with Crippen molar-refractivity contribution in [3.63, 3.8) is 0 Å². The summed E-state index contributed by atoms with van der Waals surface area (Å²) in [6, 6.07) is 9.37. The molecule has 0 radical (unpaired) electrons. The fourth-order valence-electron chi connectivity index (χ4n) is 3.03. The Labute approximate surface area is 147 Å². The van der Waals surface area contributed by atoms with Crippen molar-refractivity contribution in [3.8, 4) is 11.5 Å². The number of hydrogen-bond acceptors (Lipinski definition) is 5. The SMILES string of the molecule is COc1ccc(NC(=O)c2ccc(NC3CCCC3)cn2)cc1OC. The van der Waals surface area contributed by atoms with Gasteiger partial charge in [-0.05, 0) is 37.1 Å². The minimum Gasteiger partial charge on any atom is -0.493 e. The molecule has 6 heteroatoms. The molecule has 0 saturated heterocycles. The van der Waals surface area contributed by atoms with Crippen LogP contribution in [0.15, 0.2) is 36.5 Å². The Bertz CT molecular complexity index is 725. The molecule has 2 N–H and O–H groups in total. The molecule has 1 aromatic carbocycles. The van der Waals surface area contributed by atoms with E-state index in [4.69, 9.17) is 9.47 Å². The first kappa shape index (κ1) is 17.1. The molecule has 1 fully saturated rings. The van der Waals surface area contributed by atoms with Crippen molar-refractivity contribution in [1.29, 1.82) is 0 Å². The van der Waals surface area contributed by atoms with E-state index in [0.29, 0.717) is 28.9 Å². The van der Waals surface area contributed by atoms with E-state index >= 15 is 0 Å². The van der Waals surface area contributed by atoms with E-state index in [1.165, 1.54) is 25.7 Å². The summed E-state index contributed by atoms with van der Waals surface area (Å²) in [5.74, 6) is 0.907. The number of carbonyl (C=O) groups excluding carboxylic acids is 1. The van der Waals surface area contributed by atoms with Gasteiger partial charge in [0, 0.05) is 17.8 Å². The molecule has 3 rings (SSSR count). The molecule has 1 aliphatic carbocycles. The van der Waals surface area contributed by atoms with Crippen molar-refractivity contribution >= 4 is 17.3 Å². The number of aromatic nitrogens is 1. The molecule has 1 saturated carbocycles. The number of nitrogens with zero attached hydrogens (tertiary/aromatic N) is 1. The van der Waals surface area contributed by atoms with Crippen LogP contribution in [0.2, 0.25) is 0 Å². The molecule has 0 spiro atoms. The second kappa shape index (κ2) is 7.88. The second-order valence-electron chi connectivity index (χ2n) is 6.08. The highest BCUT2D eigenvalue weighted by Crippen LogP contribution is 2.30. The first-order chi connectivity index (χ1) is 12.2. The van der Waals surface area contributed by atoms with Gasteiger partial charge in [0.25, 0.3) is 5.91 Å². The highest BCUT2D eigenvalue weighted by atomic mass is 16.5. The van der Waals surface area contributed by atoms with Crippen LogP contribution in [0.3, 0.4) is 0 Å². The summed E-state index contributed by atoms with van der Waals surface area (Å²) in [7, 11) is 3.13. The molecule has 0 unspecified atom stereocenters. The van der Waals surface area contributed by atoms with Crippen molar-refractivity contribution in [3.05, 3.63) is 42.2 Å². The lowest BCUT2D eigenvalue weighted by Gasteiger charge is -2.13. The molecular weight excluding hydrogens is 318 g/mol. The third-order valence-corrected chi connectivity index (χ3v) is 4.36. The molecule has 6 nitrogen and oxygen atoms in total. The van der Waals surface area contributed by atoms with Crippen LogP contribution >= 0.6 is 0 Å². The summed E-state index contributed by atoms with van der Waals surface area (Å²) in [5.41, 5.74) is 1.94. The van der Waals surface area contributed by atoms with Gasteiger partial charge in [0.15, 0.2) is 11.5 Å². The molecule has 1 aromatic heterocycles. The molecule has 1 aliphatic rings. The Morgan fingerprint density at radius 1 is 1.04 bits per heavy atom. The van der Waals surface area contributed by atoms with E-state index in [2.05, 4.69) is 15.6 Å². The lowest BCUT2D eigenvalue weighted by Crippen LogP contribution is -2.16. The van der Waals surface area contributed by atoms with Crippen LogP contribution in [0.4, 0.5) is 11.4 Å². The maximum Gasteiger partial charge on any atom is 0.274 e. The summed E-state index contributed by atoms with van der Waals surface area (Å²) < 4.78 is 10.4. The Morgan fingerprint density at radius 2 is 1.76 bits per heavy atom. The van der Waals surface area contributed by atoms with E-state index in [1.807, 2.05) is 6.07 Å². The number of ether oxygens (including phenoxy) is 2. The van der Waals surface area contributed by atoms with Gasteiger partial charge in [-0.3, -0.25) is 4.79 Å². The number of anilines is 2. The van der Waals surface area contributed by atoms with Crippen molar-refractivity contribution < 1.29 is 14.3 Å². The quantitative estimate of drug-likeness (QED) is 0.838. The van der Waals surface area contributed by atoms with E-state index < -0.39 is 0 Å². The third kappa shape index (κ3) is 4.21. The van der Waals surface area contributed by atoms with E-state index in [0.717, 1.165) is 5.69 Å². The van der Waals surface area contributed by atoms with Gasteiger partial charge in [0.2, 0.25) is 0 Å². The maximum absolute atomic E-state index is 12.4. The number of methoxy groups -OCH3 is 2. The van der Waals surface area contributed by atoms with Crippen molar-refractivity contribution in [1.82, 2.24) is 4.98 Å². The molecule has 0 bridgehead atoms. The minimum atomic E-state index is -0.264. The summed E-state index contributed by atoms with van der Waals surface area (Å²) in [4.78, 5) is 16.6. The highest BCUT2D eigenvalue weighted by Gasteiger charge is 2.15. The standard InChI is InChI=1S/C19H23N3O3/c1-24-17-10-8-14(11-18(17)25-2)22-19(23)16-9-7-15(12-20-16)21-13-5-3-4-6-13/h7-13,21H,3-6H2,1-2H3,(H,22,23). The zero-order valence-corrected chi connectivity index (χ0v) is 14.5. The number of nitrogens with one attached hydrogen (secondary N) is 2. The highest BCUT2D eigenvalue weighted by molar-refractivity contribution is 6.03. The minimum absolute atomic E-state index is 0.264. The van der Waals surface area contributed by atoms with Crippen molar-refractivity contribution in [2.45, 2.75) is 31.7 Å². The molecule has 0 atom stereocenters. The van der Waals surface area contributed by atoms with Crippen molar-refractivity contribution in [2.24, 2.45) is 0 Å². The Morgan fingerprint density at radius 3 is 2.40 bits per heavy atom. The number of hydrogen-bond donors (Lipinski definition) is 2. The number of rotatable bonds is 6. The number of benzene rings is 1. The fraction of sp³-hybridized carbons (Fsp3) is 0.368. The second-order valence-corrected chi connectivity index (χ2v) is 6.08. The van der Waals surface area contributed by atoms with Crippen LogP contribution in [-0.2, 0) is 0 Å². The number of amides is 1. The normalized spacial score (nSPS) is 14.2. The fourth-order valence-corrected chi connectivity index (χ4v) is 3.03. The Balaban J connectivity index is 1.64. The monoisotopic (exact) mass is 341 g/mol. The molecule has 2 aromatic rings. The summed E-state index contributed by atoms with van der Waals surface area (Å²) in [6.07, 6.45) is 6.65. The lowest BCUT2D eigenvalue weighted by atomic mass is 10.2. The zero-order valence-electron chi connectivity index (χ0n) is 14.5. The van der Waals surface area contributed by atoms with Crippen LogP contribution in [0.25, 0.3) is 0 Å². The molecule has 1 heterocycles. The predicted molar refractivity (Wildman–Crippen MR) is 97.6 cm³/mol. The summed E-state index contributed by atoms with van der Waals surface area (Å²) >= 11 is 0. The smallest absolute Gasteiger partial charge is 0.274 e. The first-order valence-corrected chi connectivity index (χ1v) is 8.45. The zero-order chi connectivity index (χ0) is 17.6. The van der Waals surface area contributed by atoms with Crippen LogP contribution in [0.1, 0.15) is 36.2 Å². The average Bonchev–Trinajstić information content (AvgIpc) is 3.15. The van der Waals surface area contributed by atoms with Crippen LogP contribution < -0.4 is 20.1 Å². The van der Waals surface area contributed by atoms with Gasteiger partial charge in [-0.15, -0.1) is 0 Å². The van der Waals surface area contributed by atoms with E-state index in [9.17, 15) is 4.79 Å². The van der Waals surface area contributed by atoms with Crippen LogP contribution in [0, 0.1) is 0 Å². The van der Waals surface area contributed by atoms with E-state index in [1.54, 1.807) is 44.7 Å². The van der Waals surface area contributed by atoms with Gasteiger partial charge in [-0.2, -0.15) is 0 Å². The molecule has 1 amide bonds. The van der Waals surface area contributed by atoms with Crippen LogP contribution in [0.5, 0.6) is 11.5 Å². The molecule has 132 valence electrons. The Kier molecular flexibility index (Phi) is 5.38. The van der Waals surface area contributed by atoms with Gasteiger partial charge in [-0.1, -0.05) is 12.8 Å². The maximum atomic E-state index is 12.4. The topological polar surface area (TPSA) is 72.5 Å². The van der Waals surface area contributed by atoms with Gasteiger partial charge >= 0.3 is 0 Å². The van der Waals surface area contributed by atoms with Gasteiger partial charge < -0.3 is 20.1 Å². The largest absolute Gasteiger partial charge is 0.493 e. The lowest BCUT2D eigenvalue weighted by molar-refractivity contribution is 0.102. The summed E-state index contributed by atoms with van der Waals surface area (Å²) in [6.45, 7) is 0. The summed E-state index contributed by atoms with van der Waals surface area (Å²) in [5, 5.41) is 6.28. The van der Waals surface area contributed by atoms with E-state index in [-0.39, 0.29) is 5.91 Å². The van der Waals surface area contributed by atoms with Crippen LogP contribution in [-0.4, -0.2) is 31.2 Å². The molecular formula is C19H23N3O3. The molecule has 0 aliphatic heterocycles. The molecule has 25 heavy (non-hydrogen) atoms. The number of carbonyl (C=O) groups is 1. The Hall–Kier alpha value is -2.76. The average molecular weight is 341 g/mol. The predicted octanol–water partition coefficient (Wildman–Crippen LogP) is 3.71. The van der Waals surface area contributed by atoms with Gasteiger partial charge in [0.05, 0.1) is 26.1 Å². The van der Waals surface area contributed by atoms with Gasteiger partial charge in [-0.25, -0.2) is 4.98 Å². The van der Waals surface area contributed by atoms with Gasteiger partial charge in [0.1, 0.15) is 5.69 Å². The van der Waals surface area contributed by atoms with Crippen molar-refractivity contribution in [2.75, 3.05) is 24.9 Å². The number of pyridine rings is 1. The third-order valence-electron chi connectivity index (χ3n) is 4.36. The first-order valence-electron chi connectivity index (χ1n) is 8.45.